The number of aryl methyl sites for hydroxylation is 1. The summed E-state index contributed by atoms with van der Waals surface area (Å²) in [6.45, 7) is 3.38. The summed E-state index contributed by atoms with van der Waals surface area (Å²) in [7, 11) is 0. The first kappa shape index (κ1) is 25.3. The summed E-state index contributed by atoms with van der Waals surface area (Å²) < 4.78 is 51.5. The largest absolute Gasteiger partial charge is 0.486 e. The minimum absolute atomic E-state index is 0.210. The highest BCUT2D eigenvalue weighted by Crippen LogP contribution is 2.50. The van der Waals surface area contributed by atoms with Gasteiger partial charge in [0.2, 0.25) is 0 Å². The van der Waals surface area contributed by atoms with Crippen LogP contribution < -0.4 is 14.8 Å². The fourth-order valence-electron chi connectivity index (χ4n) is 5.85. The molecule has 0 bridgehead atoms. The predicted octanol–water partition coefficient (Wildman–Crippen LogP) is 5.34. The number of fused-ring (bicyclic) bond motifs is 2. The zero-order valence-corrected chi connectivity index (χ0v) is 21.3. The van der Waals surface area contributed by atoms with E-state index >= 15 is 0 Å². The lowest BCUT2D eigenvalue weighted by Gasteiger charge is -2.29. The van der Waals surface area contributed by atoms with Crippen molar-refractivity contribution in [2.45, 2.75) is 25.6 Å². The molecule has 0 radical (unpaired) electrons. The number of amides is 2. The Hall–Kier alpha value is -4.01. The van der Waals surface area contributed by atoms with E-state index in [4.69, 9.17) is 9.47 Å². The minimum atomic E-state index is -4.49. The number of hydrogen-bond donors (Lipinski definition) is 1. The van der Waals surface area contributed by atoms with Gasteiger partial charge >= 0.3 is 6.18 Å². The lowest BCUT2D eigenvalue weighted by atomic mass is 9.93. The molecule has 2 fully saturated rings. The van der Waals surface area contributed by atoms with Crippen molar-refractivity contribution in [3.8, 4) is 22.6 Å². The first-order valence-electron chi connectivity index (χ1n) is 13.0. The number of piperidine rings is 1. The molecule has 39 heavy (non-hydrogen) atoms. The molecule has 2 aliphatic heterocycles. The molecule has 0 aromatic heterocycles. The molecule has 1 saturated carbocycles. The lowest BCUT2D eigenvalue weighted by molar-refractivity contribution is -0.137. The average Bonchev–Trinajstić information content (AvgIpc) is 3.61. The van der Waals surface area contributed by atoms with Crippen LogP contribution in [0.4, 0.5) is 13.2 Å². The molecule has 2 heterocycles. The highest BCUT2D eigenvalue weighted by Gasteiger charge is 2.54. The molecule has 3 atom stereocenters. The van der Waals surface area contributed by atoms with Gasteiger partial charge in [-0.25, -0.2) is 0 Å². The van der Waals surface area contributed by atoms with Crippen LogP contribution in [0.5, 0.6) is 11.5 Å². The van der Waals surface area contributed by atoms with E-state index in [0.29, 0.717) is 65.0 Å². The van der Waals surface area contributed by atoms with Crippen molar-refractivity contribution in [3.63, 3.8) is 0 Å². The molecule has 6 rings (SSSR count). The van der Waals surface area contributed by atoms with Crippen molar-refractivity contribution in [2.24, 2.45) is 11.8 Å². The molecular weight excluding hydrogens is 509 g/mol. The summed E-state index contributed by atoms with van der Waals surface area (Å²) in [4.78, 5) is 28.8. The minimum Gasteiger partial charge on any atom is -0.486 e. The number of rotatable bonds is 5. The SMILES string of the molecule is Cc1cccc(C(=O)N2C[C@H]3C[C@H]3[C@H]2CNC(=O)c2cccc3c2OCCO3)c1-c1cccc(C(F)(F)F)c1. The molecule has 1 saturated heterocycles. The van der Waals surface area contributed by atoms with Gasteiger partial charge in [-0.1, -0.05) is 30.3 Å². The third kappa shape index (κ3) is 4.70. The molecule has 2 amide bonds. The van der Waals surface area contributed by atoms with E-state index in [0.717, 1.165) is 18.6 Å². The molecule has 9 heteroatoms. The van der Waals surface area contributed by atoms with E-state index in [9.17, 15) is 22.8 Å². The molecule has 3 aromatic rings. The molecular formula is C30H27F3N2O4. The normalized spacial score (nSPS) is 21.3. The fourth-order valence-corrected chi connectivity index (χ4v) is 5.85. The average molecular weight is 537 g/mol. The number of benzene rings is 3. The van der Waals surface area contributed by atoms with E-state index in [1.807, 2.05) is 0 Å². The van der Waals surface area contributed by atoms with Gasteiger partial charge < -0.3 is 19.7 Å². The zero-order chi connectivity index (χ0) is 27.3. The first-order valence-corrected chi connectivity index (χ1v) is 13.0. The molecule has 6 nitrogen and oxygen atoms in total. The topological polar surface area (TPSA) is 67.9 Å². The number of alkyl halides is 3. The van der Waals surface area contributed by atoms with E-state index < -0.39 is 11.7 Å². The summed E-state index contributed by atoms with van der Waals surface area (Å²) in [5.41, 5.74) is 1.52. The van der Waals surface area contributed by atoms with Crippen molar-refractivity contribution in [1.29, 1.82) is 0 Å². The third-order valence-corrected chi connectivity index (χ3v) is 7.83. The van der Waals surface area contributed by atoms with Crippen molar-refractivity contribution < 1.29 is 32.2 Å². The quantitative estimate of drug-likeness (QED) is 0.478. The highest BCUT2D eigenvalue weighted by molar-refractivity contribution is 6.02. The number of nitrogens with one attached hydrogen (secondary N) is 1. The fraction of sp³-hybridized carbons (Fsp3) is 0.333. The van der Waals surface area contributed by atoms with Gasteiger partial charge in [0.05, 0.1) is 17.2 Å². The molecule has 1 aliphatic carbocycles. The Morgan fingerprint density at radius 1 is 1.00 bits per heavy atom. The molecule has 0 unspecified atom stereocenters. The number of likely N-dealkylation sites (tertiary alicyclic amines) is 1. The van der Waals surface area contributed by atoms with Crippen LogP contribution in [-0.4, -0.2) is 49.1 Å². The smallest absolute Gasteiger partial charge is 0.416 e. The molecule has 3 aromatic carbocycles. The monoisotopic (exact) mass is 536 g/mol. The number of carbonyl (C=O) groups excluding carboxylic acids is 2. The van der Waals surface area contributed by atoms with Crippen LogP contribution >= 0.6 is 0 Å². The van der Waals surface area contributed by atoms with Gasteiger partial charge in [-0.05, 0) is 72.2 Å². The summed E-state index contributed by atoms with van der Waals surface area (Å²) in [6.07, 6.45) is -3.51. The van der Waals surface area contributed by atoms with Gasteiger partial charge in [0.1, 0.15) is 13.2 Å². The Bertz CT molecular complexity index is 1450. The van der Waals surface area contributed by atoms with Gasteiger partial charge in [0.15, 0.2) is 11.5 Å². The maximum atomic E-state index is 13.9. The van der Waals surface area contributed by atoms with Gasteiger partial charge in [0, 0.05) is 18.7 Å². The summed E-state index contributed by atoms with van der Waals surface area (Å²) in [6, 6.07) is 15.2. The van der Waals surface area contributed by atoms with Crippen LogP contribution in [0, 0.1) is 18.8 Å². The van der Waals surface area contributed by atoms with Crippen LogP contribution in [0.1, 0.15) is 38.3 Å². The Labute approximate surface area is 223 Å². The van der Waals surface area contributed by atoms with Gasteiger partial charge in [-0.3, -0.25) is 9.59 Å². The predicted molar refractivity (Wildman–Crippen MR) is 138 cm³/mol. The second-order valence-electron chi connectivity index (χ2n) is 10.3. The number of nitrogens with zero attached hydrogens (tertiary/aromatic N) is 1. The second-order valence-corrected chi connectivity index (χ2v) is 10.3. The van der Waals surface area contributed by atoms with Crippen LogP contribution in [0.15, 0.2) is 60.7 Å². The van der Waals surface area contributed by atoms with Gasteiger partial charge in [-0.15, -0.1) is 0 Å². The Balaban J connectivity index is 1.25. The zero-order valence-electron chi connectivity index (χ0n) is 21.3. The van der Waals surface area contributed by atoms with Crippen LogP contribution in [0.3, 0.4) is 0 Å². The van der Waals surface area contributed by atoms with E-state index in [-0.39, 0.29) is 30.3 Å². The van der Waals surface area contributed by atoms with Gasteiger partial charge in [-0.2, -0.15) is 13.2 Å². The van der Waals surface area contributed by atoms with Crippen molar-refractivity contribution in [2.75, 3.05) is 26.3 Å². The molecule has 1 N–H and O–H groups in total. The van der Waals surface area contributed by atoms with Crippen molar-refractivity contribution >= 4 is 11.8 Å². The Morgan fingerprint density at radius 3 is 2.56 bits per heavy atom. The van der Waals surface area contributed by atoms with Crippen LogP contribution in [0.25, 0.3) is 11.1 Å². The maximum absolute atomic E-state index is 13.9. The van der Waals surface area contributed by atoms with Crippen molar-refractivity contribution in [1.82, 2.24) is 10.2 Å². The van der Waals surface area contributed by atoms with Gasteiger partial charge in [0.25, 0.3) is 11.8 Å². The summed E-state index contributed by atoms with van der Waals surface area (Å²) in [5.74, 6) is 1.02. The van der Waals surface area contributed by atoms with E-state index in [1.165, 1.54) is 6.07 Å². The number of halogens is 3. The Morgan fingerprint density at radius 2 is 1.74 bits per heavy atom. The number of hydrogen-bond acceptors (Lipinski definition) is 4. The van der Waals surface area contributed by atoms with E-state index in [1.54, 1.807) is 54.3 Å². The Kier molecular flexibility index (Phi) is 6.24. The lowest BCUT2D eigenvalue weighted by Crippen LogP contribution is -2.45. The molecule has 0 spiro atoms. The summed E-state index contributed by atoms with van der Waals surface area (Å²) in [5, 5.41) is 2.97. The molecule has 3 aliphatic rings. The van der Waals surface area contributed by atoms with Crippen LogP contribution in [-0.2, 0) is 6.18 Å². The third-order valence-electron chi connectivity index (χ3n) is 7.83. The molecule has 202 valence electrons. The number of para-hydroxylation sites is 1. The van der Waals surface area contributed by atoms with Crippen LogP contribution in [0.2, 0.25) is 0 Å². The standard InChI is InChI=1S/C30H27F3N2O4/c1-17-5-2-8-21(26(17)18-6-3-7-20(13-18)30(31,32)33)29(37)35-16-19-14-23(19)24(35)15-34-28(36)22-9-4-10-25-27(22)39-12-11-38-25/h2-10,13,19,23-24H,11-12,14-16H2,1H3,(H,34,36)/t19-,23-,24-/m1/s1. The summed E-state index contributed by atoms with van der Waals surface area (Å²) >= 11 is 0. The van der Waals surface area contributed by atoms with Crippen molar-refractivity contribution in [3.05, 3.63) is 82.9 Å². The maximum Gasteiger partial charge on any atom is 0.416 e. The van der Waals surface area contributed by atoms with E-state index in [2.05, 4.69) is 5.32 Å². The highest BCUT2D eigenvalue weighted by atomic mass is 19.4. The second kappa shape index (κ2) is 9.63. The number of carbonyl (C=O) groups is 2. The number of ether oxygens (including phenoxy) is 2. The first-order chi connectivity index (χ1) is 18.7.